The van der Waals surface area contributed by atoms with E-state index in [2.05, 4.69) is 15.4 Å². The van der Waals surface area contributed by atoms with Gasteiger partial charge in [0.15, 0.2) is 0 Å². The molecule has 1 N–H and O–H groups in total. The van der Waals surface area contributed by atoms with Gasteiger partial charge in [0, 0.05) is 5.41 Å². The molecule has 0 aromatic carbocycles. The first kappa shape index (κ1) is 17.2. The third kappa shape index (κ3) is 2.69. The second-order valence-corrected chi connectivity index (χ2v) is 8.20. The fourth-order valence-corrected chi connectivity index (χ4v) is 3.83. The Morgan fingerprint density at radius 3 is 2.08 bits per heavy atom. The van der Waals surface area contributed by atoms with E-state index < -0.39 is 17.0 Å². The van der Waals surface area contributed by atoms with Crippen molar-refractivity contribution in [3.05, 3.63) is 6.33 Å². The monoisotopic (exact) mass is 344 g/mol. The molecule has 134 valence electrons. The summed E-state index contributed by atoms with van der Waals surface area (Å²) in [4.78, 5) is 16.8. The van der Waals surface area contributed by atoms with Crippen molar-refractivity contribution in [2.75, 3.05) is 5.32 Å². The van der Waals surface area contributed by atoms with E-state index in [1.807, 2.05) is 20.8 Å². The molecule has 0 radical (unpaired) electrons. The minimum Gasteiger partial charge on any atom is -0.293 e. The number of rotatable bonds is 2. The molecule has 0 saturated heterocycles. The van der Waals surface area contributed by atoms with E-state index in [4.69, 9.17) is 0 Å². The predicted octanol–water partition coefficient (Wildman–Crippen LogP) is 3.87. The molecular weight excluding hydrogens is 321 g/mol. The standard InChI is InChI=1S/C16H23F3N4O/c1-13(2,3)23-10-20-12(22-23)21-11(24)14-4-7-15(8-5-14,9-6-14)16(17,18)19/h10H,4-9H2,1-3H3,(H,21,22,24). The summed E-state index contributed by atoms with van der Waals surface area (Å²) in [6, 6.07) is 0. The van der Waals surface area contributed by atoms with E-state index in [0.717, 1.165) is 0 Å². The number of nitrogens with one attached hydrogen (secondary N) is 1. The molecule has 24 heavy (non-hydrogen) atoms. The van der Waals surface area contributed by atoms with E-state index in [1.54, 1.807) is 11.0 Å². The van der Waals surface area contributed by atoms with Gasteiger partial charge in [-0.3, -0.25) is 10.1 Å². The summed E-state index contributed by atoms with van der Waals surface area (Å²) in [5.41, 5.74) is -2.54. The minimum absolute atomic E-state index is 0.0355. The van der Waals surface area contributed by atoms with Crippen molar-refractivity contribution in [1.82, 2.24) is 14.8 Å². The molecule has 4 rings (SSSR count). The Kier molecular flexibility index (Phi) is 3.73. The van der Waals surface area contributed by atoms with Crippen molar-refractivity contribution in [2.45, 2.75) is 71.0 Å². The van der Waals surface area contributed by atoms with E-state index in [9.17, 15) is 18.0 Å². The van der Waals surface area contributed by atoms with Gasteiger partial charge in [-0.1, -0.05) is 0 Å². The maximum absolute atomic E-state index is 13.3. The third-order valence-corrected chi connectivity index (χ3v) is 5.73. The molecule has 5 nitrogen and oxygen atoms in total. The number of nitrogens with zero attached hydrogens (tertiary/aromatic N) is 3. The molecule has 2 bridgehead atoms. The Labute approximate surface area is 139 Å². The number of hydrogen-bond donors (Lipinski definition) is 1. The minimum atomic E-state index is -4.18. The molecule has 3 fully saturated rings. The zero-order chi connectivity index (χ0) is 17.8. The highest BCUT2D eigenvalue weighted by molar-refractivity contribution is 5.94. The van der Waals surface area contributed by atoms with Crippen LogP contribution in [0.3, 0.4) is 0 Å². The van der Waals surface area contributed by atoms with Crippen molar-refractivity contribution in [1.29, 1.82) is 0 Å². The van der Waals surface area contributed by atoms with Crippen molar-refractivity contribution in [3.8, 4) is 0 Å². The summed E-state index contributed by atoms with van der Waals surface area (Å²) >= 11 is 0. The van der Waals surface area contributed by atoms with Gasteiger partial charge in [0.05, 0.1) is 11.0 Å². The predicted molar refractivity (Wildman–Crippen MR) is 82.3 cm³/mol. The van der Waals surface area contributed by atoms with E-state index in [1.165, 1.54) is 0 Å². The second-order valence-electron chi connectivity index (χ2n) is 8.20. The SMILES string of the molecule is CC(C)(C)n1cnc(NC(=O)C23CCC(C(F)(F)F)(CC2)CC3)n1. The van der Waals surface area contributed by atoms with Gasteiger partial charge in [-0.05, 0) is 59.3 Å². The van der Waals surface area contributed by atoms with Crippen LogP contribution in [0.1, 0.15) is 59.3 Å². The first-order chi connectivity index (χ1) is 11.0. The molecule has 8 heteroatoms. The fraction of sp³-hybridized carbons (Fsp3) is 0.812. The van der Waals surface area contributed by atoms with Gasteiger partial charge >= 0.3 is 6.18 Å². The first-order valence-electron chi connectivity index (χ1n) is 8.28. The van der Waals surface area contributed by atoms with Crippen molar-refractivity contribution in [3.63, 3.8) is 0 Å². The van der Waals surface area contributed by atoms with E-state index >= 15 is 0 Å². The lowest BCUT2D eigenvalue weighted by molar-refractivity contribution is -0.258. The molecule has 0 spiro atoms. The van der Waals surface area contributed by atoms with Gasteiger partial charge in [-0.15, -0.1) is 5.10 Å². The number of aromatic nitrogens is 3. The molecule has 1 aromatic heterocycles. The average Bonchev–Trinajstić information content (AvgIpc) is 2.97. The molecule has 3 aliphatic rings. The molecule has 1 aromatic rings. The number of alkyl halides is 3. The second kappa shape index (κ2) is 5.20. The lowest BCUT2D eigenvalue weighted by atomic mass is 9.53. The topological polar surface area (TPSA) is 59.8 Å². The van der Waals surface area contributed by atoms with Crippen LogP contribution in [0.5, 0.6) is 0 Å². The summed E-state index contributed by atoms with van der Waals surface area (Å²) in [5, 5.41) is 6.95. The number of carbonyl (C=O) groups excluding carboxylic acids is 1. The summed E-state index contributed by atoms with van der Waals surface area (Å²) in [5.74, 6) is -0.0350. The van der Waals surface area contributed by atoms with Gasteiger partial charge in [0.2, 0.25) is 11.9 Å². The van der Waals surface area contributed by atoms with Gasteiger partial charge in [0.1, 0.15) is 6.33 Å². The van der Waals surface area contributed by atoms with Crippen LogP contribution in [-0.4, -0.2) is 26.8 Å². The molecule has 0 aliphatic heterocycles. The van der Waals surface area contributed by atoms with Crippen LogP contribution in [-0.2, 0) is 10.3 Å². The van der Waals surface area contributed by atoms with Gasteiger partial charge < -0.3 is 0 Å². The van der Waals surface area contributed by atoms with Crippen molar-refractivity contribution in [2.24, 2.45) is 10.8 Å². The van der Waals surface area contributed by atoms with Crippen LogP contribution >= 0.6 is 0 Å². The maximum atomic E-state index is 13.3. The largest absolute Gasteiger partial charge is 0.394 e. The molecule has 1 amide bonds. The summed E-state index contributed by atoms with van der Waals surface area (Å²) in [7, 11) is 0. The number of amides is 1. The molecule has 3 aliphatic carbocycles. The molecule has 0 unspecified atom stereocenters. The Morgan fingerprint density at radius 1 is 1.12 bits per heavy atom. The molecule has 1 heterocycles. The smallest absolute Gasteiger partial charge is 0.293 e. The van der Waals surface area contributed by atoms with Crippen molar-refractivity contribution >= 4 is 11.9 Å². The molecule has 0 atom stereocenters. The third-order valence-electron chi connectivity index (χ3n) is 5.73. The van der Waals surface area contributed by atoms with Crippen LogP contribution in [0.25, 0.3) is 0 Å². The Hall–Kier alpha value is -1.60. The lowest BCUT2D eigenvalue weighted by Gasteiger charge is -2.52. The number of fused-ring (bicyclic) bond motifs is 3. The van der Waals surface area contributed by atoms with E-state index in [-0.39, 0.29) is 55.9 Å². The first-order valence-corrected chi connectivity index (χ1v) is 8.28. The fourth-order valence-electron chi connectivity index (χ4n) is 3.83. The lowest BCUT2D eigenvalue weighted by Crippen LogP contribution is -2.53. The number of carbonyl (C=O) groups is 1. The number of halogens is 3. The highest BCUT2D eigenvalue weighted by Gasteiger charge is 2.63. The zero-order valence-electron chi connectivity index (χ0n) is 14.2. The Balaban J connectivity index is 1.70. The highest BCUT2D eigenvalue weighted by atomic mass is 19.4. The van der Waals surface area contributed by atoms with Gasteiger partial charge in [-0.25, -0.2) is 9.67 Å². The van der Waals surface area contributed by atoms with Crippen LogP contribution in [0, 0.1) is 10.8 Å². The normalized spacial score (nSPS) is 30.4. The average molecular weight is 344 g/mol. The van der Waals surface area contributed by atoms with Crippen molar-refractivity contribution < 1.29 is 18.0 Å². The highest BCUT2D eigenvalue weighted by Crippen LogP contribution is 2.62. The van der Waals surface area contributed by atoms with Gasteiger partial charge in [-0.2, -0.15) is 13.2 Å². The molecule has 3 saturated carbocycles. The summed E-state index contributed by atoms with van der Waals surface area (Å²) < 4.78 is 41.5. The van der Waals surface area contributed by atoms with Gasteiger partial charge in [0.25, 0.3) is 0 Å². The quantitative estimate of drug-likeness (QED) is 0.886. The van der Waals surface area contributed by atoms with Crippen LogP contribution in [0.4, 0.5) is 19.1 Å². The van der Waals surface area contributed by atoms with E-state index in [0.29, 0.717) is 0 Å². The maximum Gasteiger partial charge on any atom is 0.394 e. The van der Waals surface area contributed by atoms with Crippen LogP contribution < -0.4 is 5.32 Å². The van der Waals surface area contributed by atoms with Crippen LogP contribution in [0.15, 0.2) is 6.33 Å². The summed E-state index contributed by atoms with van der Waals surface area (Å²) in [6.45, 7) is 5.89. The Bertz CT molecular complexity index is 620. The van der Waals surface area contributed by atoms with Crippen LogP contribution in [0.2, 0.25) is 0 Å². The zero-order valence-corrected chi connectivity index (χ0v) is 14.2. The number of hydrogen-bond acceptors (Lipinski definition) is 3. The number of anilines is 1. The molecular formula is C16H23F3N4O. The summed E-state index contributed by atoms with van der Waals surface area (Å²) in [6.07, 6.45) is -1.70. The Morgan fingerprint density at radius 2 is 1.67 bits per heavy atom.